The lowest BCUT2D eigenvalue weighted by molar-refractivity contribution is -0.177. The molecule has 0 bridgehead atoms. The number of nitrogens with zero attached hydrogens (tertiary/aromatic N) is 2. The van der Waals surface area contributed by atoms with Crippen LogP contribution in [-0.2, 0) is 21.0 Å². The standard InChI is InChI=1S/C16H22N2O5/c1-17(22-2)15(19)13-8-14(10-18(9-13)16(20)21)23-11-12-6-4-3-5-7-12/h3-7,13-14H,8-11H2,1-2H3,(H,20,21). The molecule has 0 saturated carbocycles. The number of benzene rings is 1. The molecule has 2 rings (SSSR count). The molecule has 2 atom stereocenters. The first-order valence-corrected chi connectivity index (χ1v) is 7.46. The van der Waals surface area contributed by atoms with Crippen molar-refractivity contribution in [2.75, 3.05) is 27.2 Å². The Bertz CT molecular complexity index is 537. The van der Waals surface area contributed by atoms with Crippen molar-refractivity contribution < 1.29 is 24.3 Å². The molecule has 0 aromatic heterocycles. The summed E-state index contributed by atoms with van der Waals surface area (Å²) in [5.74, 6) is -0.711. The van der Waals surface area contributed by atoms with Gasteiger partial charge in [-0.05, 0) is 12.0 Å². The Morgan fingerprint density at radius 1 is 1.30 bits per heavy atom. The summed E-state index contributed by atoms with van der Waals surface area (Å²) < 4.78 is 5.83. The summed E-state index contributed by atoms with van der Waals surface area (Å²) in [6.07, 6.45) is -0.890. The lowest BCUT2D eigenvalue weighted by Gasteiger charge is -2.36. The smallest absolute Gasteiger partial charge is 0.407 e. The van der Waals surface area contributed by atoms with Gasteiger partial charge in [0, 0.05) is 13.6 Å². The number of carbonyl (C=O) groups is 2. The molecule has 0 radical (unpaired) electrons. The normalized spacial score (nSPS) is 21.0. The van der Waals surface area contributed by atoms with E-state index < -0.39 is 12.0 Å². The molecule has 23 heavy (non-hydrogen) atoms. The van der Waals surface area contributed by atoms with Gasteiger partial charge in [0.1, 0.15) is 0 Å². The zero-order valence-corrected chi connectivity index (χ0v) is 13.3. The van der Waals surface area contributed by atoms with Crippen LogP contribution in [0.25, 0.3) is 0 Å². The molecule has 0 aliphatic carbocycles. The van der Waals surface area contributed by atoms with Crippen LogP contribution in [0.3, 0.4) is 0 Å². The van der Waals surface area contributed by atoms with E-state index in [0.29, 0.717) is 13.0 Å². The summed E-state index contributed by atoms with van der Waals surface area (Å²) in [6.45, 7) is 0.815. The molecule has 1 N–H and O–H groups in total. The monoisotopic (exact) mass is 322 g/mol. The van der Waals surface area contributed by atoms with E-state index in [9.17, 15) is 14.7 Å². The van der Waals surface area contributed by atoms with Crippen LogP contribution in [0.15, 0.2) is 30.3 Å². The number of hydrogen-bond donors (Lipinski definition) is 1. The van der Waals surface area contributed by atoms with Crippen LogP contribution < -0.4 is 0 Å². The van der Waals surface area contributed by atoms with Crippen molar-refractivity contribution in [3.8, 4) is 0 Å². The van der Waals surface area contributed by atoms with Crippen molar-refractivity contribution in [1.82, 2.24) is 9.96 Å². The lowest BCUT2D eigenvalue weighted by atomic mass is 9.95. The van der Waals surface area contributed by atoms with Crippen molar-refractivity contribution in [2.45, 2.75) is 19.1 Å². The fourth-order valence-electron chi connectivity index (χ4n) is 2.64. The topological polar surface area (TPSA) is 79.3 Å². The third kappa shape index (κ3) is 4.67. The second kappa shape index (κ2) is 7.94. The van der Waals surface area contributed by atoms with E-state index >= 15 is 0 Å². The number of likely N-dealkylation sites (tertiary alicyclic amines) is 1. The number of rotatable bonds is 5. The number of carbonyl (C=O) groups excluding carboxylic acids is 1. The van der Waals surface area contributed by atoms with E-state index in [0.717, 1.165) is 10.6 Å². The second-order valence-electron chi connectivity index (χ2n) is 5.56. The molecule has 1 aliphatic heterocycles. The van der Waals surface area contributed by atoms with Gasteiger partial charge in [0.15, 0.2) is 0 Å². The van der Waals surface area contributed by atoms with Crippen LogP contribution in [0.5, 0.6) is 0 Å². The summed E-state index contributed by atoms with van der Waals surface area (Å²) >= 11 is 0. The van der Waals surface area contributed by atoms with Crippen LogP contribution in [-0.4, -0.2) is 60.4 Å². The van der Waals surface area contributed by atoms with Crippen LogP contribution in [0.1, 0.15) is 12.0 Å². The van der Waals surface area contributed by atoms with Crippen molar-refractivity contribution >= 4 is 12.0 Å². The highest BCUT2D eigenvalue weighted by Crippen LogP contribution is 2.22. The summed E-state index contributed by atoms with van der Waals surface area (Å²) in [7, 11) is 2.92. The van der Waals surface area contributed by atoms with E-state index in [1.54, 1.807) is 0 Å². The van der Waals surface area contributed by atoms with Gasteiger partial charge < -0.3 is 14.7 Å². The summed E-state index contributed by atoms with van der Waals surface area (Å²) in [5, 5.41) is 10.4. The molecule has 1 fully saturated rings. The van der Waals surface area contributed by atoms with Crippen LogP contribution in [0.2, 0.25) is 0 Å². The van der Waals surface area contributed by atoms with Gasteiger partial charge in [-0.3, -0.25) is 9.63 Å². The van der Waals surface area contributed by atoms with E-state index in [-0.39, 0.29) is 25.1 Å². The fraction of sp³-hybridized carbons (Fsp3) is 0.500. The minimum Gasteiger partial charge on any atom is -0.465 e. The van der Waals surface area contributed by atoms with E-state index in [2.05, 4.69) is 0 Å². The molecule has 1 aliphatic rings. The average molecular weight is 322 g/mol. The molecule has 7 nitrogen and oxygen atoms in total. The largest absolute Gasteiger partial charge is 0.465 e. The predicted octanol–water partition coefficient (Wildman–Crippen LogP) is 1.59. The Balaban J connectivity index is 2.00. The zero-order valence-electron chi connectivity index (χ0n) is 13.3. The Morgan fingerprint density at radius 3 is 2.61 bits per heavy atom. The summed E-state index contributed by atoms with van der Waals surface area (Å²) in [6, 6.07) is 9.65. The quantitative estimate of drug-likeness (QED) is 0.833. The Kier molecular flexibility index (Phi) is 5.95. The van der Waals surface area contributed by atoms with Crippen molar-refractivity contribution in [2.24, 2.45) is 5.92 Å². The minimum absolute atomic E-state index is 0.160. The maximum Gasteiger partial charge on any atom is 0.407 e. The first kappa shape index (κ1) is 17.2. The Morgan fingerprint density at radius 2 is 2.00 bits per heavy atom. The van der Waals surface area contributed by atoms with Gasteiger partial charge in [-0.2, -0.15) is 0 Å². The average Bonchev–Trinajstić information content (AvgIpc) is 2.59. The third-order valence-electron chi connectivity index (χ3n) is 3.94. The van der Waals surface area contributed by atoms with Crippen LogP contribution in [0.4, 0.5) is 4.79 Å². The molecule has 1 aromatic rings. The maximum absolute atomic E-state index is 12.2. The second-order valence-corrected chi connectivity index (χ2v) is 5.56. The first-order chi connectivity index (χ1) is 11.0. The van der Waals surface area contributed by atoms with E-state index in [1.165, 1.54) is 19.1 Å². The van der Waals surface area contributed by atoms with Crippen LogP contribution in [0, 0.1) is 5.92 Å². The highest BCUT2D eigenvalue weighted by Gasteiger charge is 2.35. The summed E-state index contributed by atoms with van der Waals surface area (Å²) in [4.78, 5) is 29.7. The van der Waals surface area contributed by atoms with Crippen molar-refractivity contribution in [1.29, 1.82) is 0 Å². The molecule has 1 aromatic carbocycles. The van der Waals surface area contributed by atoms with E-state index in [4.69, 9.17) is 9.57 Å². The fourth-order valence-corrected chi connectivity index (χ4v) is 2.64. The highest BCUT2D eigenvalue weighted by atomic mass is 16.7. The zero-order chi connectivity index (χ0) is 16.8. The number of hydrogen-bond acceptors (Lipinski definition) is 4. The van der Waals surface area contributed by atoms with Crippen molar-refractivity contribution in [3.63, 3.8) is 0 Å². The molecule has 126 valence electrons. The number of ether oxygens (including phenoxy) is 1. The number of carboxylic acid groups (broad SMARTS) is 1. The van der Waals surface area contributed by atoms with E-state index in [1.807, 2.05) is 30.3 Å². The van der Waals surface area contributed by atoms with Gasteiger partial charge in [-0.15, -0.1) is 0 Å². The van der Waals surface area contributed by atoms with Gasteiger partial charge in [0.2, 0.25) is 0 Å². The van der Waals surface area contributed by atoms with Gasteiger partial charge in [-0.1, -0.05) is 30.3 Å². The maximum atomic E-state index is 12.2. The summed E-state index contributed by atoms with van der Waals surface area (Å²) in [5.41, 5.74) is 1.01. The molecule has 1 heterocycles. The number of hydroxylamine groups is 2. The lowest BCUT2D eigenvalue weighted by Crippen LogP contribution is -2.50. The Labute approximate surface area is 135 Å². The van der Waals surface area contributed by atoms with Gasteiger partial charge in [-0.25, -0.2) is 9.86 Å². The molecule has 7 heteroatoms. The number of amides is 2. The Hall–Kier alpha value is -2.12. The molecule has 0 spiro atoms. The molecular weight excluding hydrogens is 300 g/mol. The SMILES string of the molecule is CON(C)C(=O)C1CC(OCc2ccccc2)CN(C(=O)O)C1. The highest BCUT2D eigenvalue weighted by molar-refractivity contribution is 5.79. The molecule has 2 unspecified atom stereocenters. The van der Waals surface area contributed by atoms with Gasteiger partial charge >= 0.3 is 6.09 Å². The third-order valence-corrected chi connectivity index (χ3v) is 3.94. The van der Waals surface area contributed by atoms with Crippen LogP contribution >= 0.6 is 0 Å². The number of piperidine rings is 1. The molecule has 1 saturated heterocycles. The predicted molar refractivity (Wildman–Crippen MR) is 82.5 cm³/mol. The molecular formula is C16H22N2O5. The molecule has 2 amide bonds. The van der Waals surface area contributed by atoms with Gasteiger partial charge in [0.25, 0.3) is 5.91 Å². The minimum atomic E-state index is -1.05. The first-order valence-electron chi connectivity index (χ1n) is 7.46. The van der Waals surface area contributed by atoms with Crippen molar-refractivity contribution in [3.05, 3.63) is 35.9 Å². The van der Waals surface area contributed by atoms with Gasteiger partial charge in [0.05, 0.1) is 32.3 Å².